The maximum absolute atomic E-state index is 12.3. The number of hydrogen-bond acceptors (Lipinski definition) is 4. The smallest absolute Gasteiger partial charge is 0.340 e. The van der Waals surface area contributed by atoms with Gasteiger partial charge in [-0.3, -0.25) is 0 Å². The Morgan fingerprint density at radius 1 is 1.09 bits per heavy atom. The number of allylic oxidation sites excluding steroid dienone is 1. The molecule has 0 aliphatic heterocycles. The van der Waals surface area contributed by atoms with E-state index in [0.717, 1.165) is 5.56 Å². The van der Waals surface area contributed by atoms with E-state index in [9.17, 15) is 8.42 Å². The zero-order valence-electron chi connectivity index (χ0n) is 12.1. The van der Waals surface area contributed by atoms with Crippen molar-refractivity contribution in [1.29, 1.82) is 0 Å². The summed E-state index contributed by atoms with van der Waals surface area (Å²) in [6.45, 7) is 1.89. The molecule has 0 atom stereocenters. The largest absolute Gasteiger partial charge is 0.493 e. The van der Waals surface area contributed by atoms with Gasteiger partial charge < -0.3 is 8.92 Å². The van der Waals surface area contributed by atoms with Gasteiger partial charge in [0.2, 0.25) is 0 Å². The van der Waals surface area contributed by atoms with Gasteiger partial charge in [0.1, 0.15) is 4.90 Å². The van der Waals surface area contributed by atoms with Crippen LogP contribution in [0.3, 0.4) is 0 Å². The number of rotatable bonds is 5. The molecular formula is C16H15ClO4S. The highest BCUT2D eigenvalue weighted by Gasteiger charge is 2.21. The molecule has 22 heavy (non-hydrogen) atoms. The van der Waals surface area contributed by atoms with Crippen LogP contribution in [0.4, 0.5) is 0 Å². The van der Waals surface area contributed by atoms with E-state index in [2.05, 4.69) is 0 Å². The second kappa shape index (κ2) is 6.85. The summed E-state index contributed by atoms with van der Waals surface area (Å²) in [6, 6.07) is 11.1. The van der Waals surface area contributed by atoms with E-state index in [1.165, 1.54) is 19.2 Å². The molecule has 2 aromatic carbocycles. The van der Waals surface area contributed by atoms with Crippen molar-refractivity contribution < 1.29 is 17.3 Å². The minimum absolute atomic E-state index is 0.0868. The van der Waals surface area contributed by atoms with E-state index in [1.54, 1.807) is 30.3 Å². The molecule has 0 aromatic heterocycles. The lowest BCUT2D eigenvalue weighted by molar-refractivity contribution is 0.390. The third kappa shape index (κ3) is 3.61. The first-order valence-electron chi connectivity index (χ1n) is 6.47. The van der Waals surface area contributed by atoms with Gasteiger partial charge in [-0.2, -0.15) is 8.42 Å². The average molecular weight is 339 g/mol. The molecule has 0 saturated heterocycles. The quantitative estimate of drug-likeness (QED) is 0.768. The molecule has 0 heterocycles. The first kappa shape index (κ1) is 16.4. The molecule has 0 amide bonds. The summed E-state index contributed by atoms with van der Waals surface area (Å²) in [5.74, 6) is 0.432. The molecule has 0 N–H and O–H groups in total. The zero-order chi connectivity index (χ0) is 16.2. The van der Waals surface area contributed by atoms with Crippen LogP contribution in [0.25, 0.3) is 6.08 Å². The highest BCUT2D eigenvalue weighted by Crippen LogP contribution is 2.32. The predicted octanol–water partition coefficient (Wildman–Crippen LogP) is 4.15. The normalized spacial score (nSPS) is 11.6. The van der Waals surface area contributed by atoms with Crippen LogP contribution in [0.15, 0.2) is 53.4 Å². The highest BCUT2D eigenvalue weighted by molar-refractivity contribution is 7.87. The Labute approximate surface area is 135 Å². The summed E-state index contributed by atoms with van der Waals surface area (Å²) in [7, 11) is -2.58. The number of ether oxygens (including phenoxy) is 1. The molecule has 0 saturated carbocycles. The molecule has 0 radical (unpaired) electrons. The summed E-state index contributed by atoms with van der Waals surface area (Å²) >= 11 is 5.92. The van der Waals surface area contributed by atoms with Crippen molar-refractivity contribution in [3.8, 4) is 11.5 Å². The summed E-state index contributed by atoms with van der Waals surface area (Å²) in [4.78, 5) is -0.0868. The molecule has 2 rings (SSSR count). The Morgan fingerprint density at radius 2 is 1.82 bits per heavy atom. The van der Waals surface area contributed by atoms with Crippen LogP contribution in [0.5, 0.6) is 11.5 Å². The number of methoxy groups -OCH3 is 1. The van der Waals surface area contributed by atoms with Gasteiger partial charge in [-0.15, -0.1) is 0 Å². The molecule has 0 unspecified atom stereocenters. The van der Waals surface area contributed by atoms with Crippen molar-refractivity contribution >= 4 is 27.8 Å². The second-order valence-electron chi connectivity index (χ2n) is 4.38. The molecule has 116 valence electrons. The molecule has 0 fully saturated rings. The van der Waals surface area contributed by atoms with Gasteiger partial charge in [-0.05, 0) is 36.8 Å². The van der Waals surface area contributed by atoms with E-state index in [0.29, 0.717) is 5.75 Å². The maximum atomic E-state index is 12.3. The van der Waals surface area contributed by atoms with E-state index >= 15 is 0 Å². The molecule has 6 heteroatoms. The van der Waals surface area contributed by atoms with Crippen LogP contribution < -0.4 is 8.92 Å². The lowest BCUT2D eigenvalue weighted by Gasteiger charge is -2.12. The number of halogens is 1. The van der Waals surface area contributed by atoms with Gasteiger partial charge >= 0.3 is 10.1 Å². The number of hydrogen-bond donors (Lipinski definition) is 0. The topological polar surface area (TPSA) is 52.6 Å². The van der Waals surface area contributed by atoms with Gasteiger partial charge in [0.15, 0.2) is 11.5 Å². The lowest BCUT2D eigenvalue weighted by atomic mass is 10.2. The van der Waals surface area contributed by atoms with Crippen molar-refractivity contribution in [3.63, 3.8) is 0 Å². The van der Waals surface area contributed by atoms with Crippen molar-refractivity contribution in [1.82, 2.24) is 0 Å². The van der Waals surface area contributed by atoms with E-state index in [1.807, 2.05) is 19.1 Å². The molecular weight excluding hydrogens is 324 g/mol. The fourth-order valence-electron chi connectivity index (χ4n) is 1.86. The third-order valence-electron chi connectivity index (χ3n) is 2.85. The molecule has 0 aliphatic carbocycles. The molecule has 0 bridgehead atoms. The van der Waals surface area contributed by atoms with Gasteiger partial charge in [-0.25, -0.2) is 0 Å². The van der Waals surface area contributed by atoms with Gasteiger partial charge in [0, 0.05) is 0 Å². The Kier molecular flexibility index (Phi) is 5.11. The monoisotopic (exact) mass is 338 g/mol. The first-order valence-corrected chi connectivity index (χ1v) is 8.26. The Hall–Kier alpha value is -1.98. The van der Waals surface area contributed by atoms with Crippen molar-refractivity contribution in [2.75, 3.05) is 7.11 Å². The number of benzene rings is 2. The first-order chi connectivity index (χ1) is 10.5. The minimum atomic E-state index is -4.03. The summed E-state index contributed by atoms with van der Waals surface area (Å²) < 4.78 is 35.0. The SMILES string of the molecule is C/C=C/c1ccc(OS(=O)(=O)c2ccccc2Cl)c(OC)c1. The van der Waals surface area contributed by atoms with Crippen LogP contribution in [-0.4, -0.2) is 15.5 Å². The highest BCUT2D eigenvalue weighted by atomic mass is 35.5. The van der Waals surface area contributed by atoms with E-state index in [-0.39, 0.29) is 15.7 Å². The van der Waals surface area contributed by atoms with Crippen LogP contribution in [0.2, 0.25) is 5.02 Å². The lowest BCUT2D eigenvalue weighted by Crippen LogP contribution is -2.11. The van der Waals surface area contributed by atoms with E-state index in [4.69, 9.17) is 20.5 Å². The molecule has 4 nitrogen and oxygen atoms in total. The van der Waals surface area contributed by atoms with E-state index < -0.39 is 10.1 Å². The standard InChI is InChI=1S/C16H15ClO4S/c1-3-6-12-9-10-14(15(11-12)20-2)21-22(18,19)16-8-5-4-7-13(16)17/h3-11H,1-2H3/b6-3+. The fourth-order valence-corrected chi connectivity index (χ4v) is 3.29. The van der Waals surface area contributed by atoms with Crippen LogP contribution >= 0.6 is 11.6 Å². The molecule has 2 aromatic rings. The third-order valence-corrected chi connectivity index (χ3v) is 4.59. The minimum Gasteiger partial charge on any atom is -0.493 e. The predicted molar refractivity (Wildman–Crippen MR) is 87.0 cm³/mol. The Bertz CT molecular complexity index is 798. The Morgan fingerprint density at radius 3 is 2.45 bits per heavy atom. The van der Waals surface area contributed by atoms with Crippen molar-refractivity contribution in [2.45, 2.75) is 11.8 Å². The summed E-state index contributed by atoms with van der Waals surface area (Å²) in [6.07, 6.45) is 3.74. The van der Waals surface area contributed by atoms with Crippen molar-refractivity contribution in [2.24, 2.45) is 0 Å². The van der Waals surface area contributed by atoms with Crippen molar-refractivity contribution in [3.05, 3.63) is 59.1 Å². The Balaban J connectivity index is 2.40. The van der Waals surface area contributed by atoms with Crippen LogP contribution in [-0.2, 0) is 10.1 Å². The zero-order valence-corrected chi connectivity index (χ0v) is 13.7. The second-order valence-corrected chi connectivity index (χ2v) is 6.30. The maximum Gasteiger partial charge on any atom is 0.340 e. The summed E-state index contributed by atoms with van der Waals surface area (Å²) in [5, 5.41) is 0.104. The van der Waals surface area contributed by atoms with Gasteiger partial charge in [0.05, 0.1) is 12.1 Å². The van der Waals surface area contributed by atoms with Crippen LogP contribution in [0, 0.1) is 0 Å². The fraction of sp³-hybridized carbons (Fsp3) is 0.125. The average Bonchev–Trinajstić information content (AvgIpc) is 2.49. The molecule has 0 spiro atoms. The molecule has 0 aliphatic rings. The van der Waals surface area contributed by atoms with Gasteiger partial charge in [0.25, 0.3) is 0 Å². The summed E-state index contributed by atoms with van der Waals surface area (Å²) in [5.41, 5.74) is 0.877. The van der Waals surface area contributed by atoms with Crippen LogP contribution in [0.1, 0.15) is 12.5 Å². The van der Waals surface area contributed by atoms with Gasteiger partial charge in [-0.1, -0.05) is 42.0 Å².